The predicted octanol–water partition coefficient (Wildman–Crippen LogP) is 1.15. The maximum atomic E-state index is 11.9. The normalized spacial score (nSPS) is 13.4. The van der Waals surface area contributed by atoms with Gasteiger partial charge in [-0.05, 0) is 20.4 Å². The van der Waals surface area contributed by atoms with Crippen LogP contribution >= 0.6 is 11.3 Å². The second kappa shape index (κ2) is 7.14. The molecular formula is C12H21N3O3S2. The molecule has 0 saturated heterocycles. The second-order valence-corrected chi connectivity index (χ2v) is 7.89. The Morgan fingerprint density at radius 3 is 2.65 bits per heavy atom. The van der Waals surface area contributed by atoms with Crippen molar-refractivity contribution in [2.24, 2.45) is 0 Å². The number of carbonyl (C=O) groups excluding carboxylic acids is 1. The van der Waals surface area contributed by atoms with Crippen LogP contribution in [-0.2, 0) is 14.6 Å². The smallest absolute Gasteiger partial charge is 0.240 e. The molecule has 0 bridgehead atoms. The zero-order valence-corrected chi connectivity index (χ0v) is 13.8. The minimum atomic E-state index is -3.05. The fraction of sp³-hybridized carbons (Fsp3) is 0.667. The van der Waals surface area contributed by atoms with Crippen LogP contribution in [0.15, 0.2) is 5.38 Å². The fourth-order valence-electron chi connectivity index (χ4n) is 1.88. The molecule has 0 saturated carbocycles. The number of hydrogen-bond donors (Lipinski definition) is 1. The number of anilines is 1. The summed E-state index contributed by atoms with van der Waals surface area (Å²) in [6.07, 6.45) is 1.20. The molecule has 0 aliphatic rings. The monoisotopic (exact) mass is 319 g/mol. The first-order valence-electron chi connectivity index (χ1n) is 6.35. The van der Waals surface area contributed by atoms with Crippen molar-refractivity contribution in [1.29, 1.82) is 0 Å². The minimum Gasteiger partial charge on any atom is -0.301 e. The summed E-state index contributed by atoms with van der Waals surface area (Å²) in [6, 6.07) is -0.196. The van der Waals surface area contributed by atoms with Gasteiger partial charge in [-0.1, -0.05) is 6.92 Å². The number of nitrogens with one attached hydrogen (secondary N) is 1. The Morgan fingerprint density at radius 2 is 2.20 bits per heavy atom. The Bertz CT molecular complexity index is 554. The van der Waals surface area contributed by atoms with Gasteiger partial charge in [-0.2, -0.15) is 0 Å². The number of hydrogen-bond acceptors (Lipinski definition) is 6. The van der Waals surface area contributed by atoms with Crippen LogP contribution in [0.5, 0.6) is 0 Å². The number of amides is 1. The molecule has 1 rings (SSSR count). The Morgan fingerprint density at radius 1 is 1.55 bits per heavy atom. The highest BCUT2D eigenvalue weighted by Gasteiger charge is 2.19. The summed E-state index contributed by atoms with van der Waals surface area (Å²) in [6.45, 7) is 6.34. The van der Waals surface area contributed by atoms with E-state index in [-0.39, 0.29) is 24.2 Å². The highest BCUT2D eigenvalue weighted by Crippen LogP contribution is 2.14. The van der Waals surface area contributed by atoms with Crippen LogP contribution in [0.3, 0.4) is 0 Å². The molecule has 8 heteroatoms. The van der Waals surface area contributed by atoms with Gasteiger partial charge in [-0.15, -0.1) is 11.3 Å². The molecule has 0 aliphatic carbocycles. The number of likely N-dealkylation sites (N-methyl/N-ethyl adjacent to an activating group) is 1. The van der Waals surface area contributed by atoms with Crippen LogP contribution in [0.2, 0.25) is 0 Å². The molecule has 0 fully saturated rings. The van der Waals surface area contributed by atoms with Crippen molar-refractivity contribution in [2.75, 3.05) is 30.4 Å². The Balaban J connectivity index is 2.57. The molecule has 114 valence electrons. The van der Waals surface area contributed by atoms with Gasteiger partial charge in [0, 0.05) is 17.7 Å². The third-order valence-corrected chi connectivity index (χ3v) is 4.75. The standard InChI is InChI=1S/C12H21N3O3S2/c1-5-15(10(3)8-20(4,17)18)6-11(16)14-12-13-9(2)7-19-12/h7,10H,5-6,8H2,1-4H3,(H,13,14,16). The van der Waals surface area contributed by atoms with Crippen molar-refractivity contribution < 1.29 is 13.2 Å². The van der Waals surface area contributed by atoms with Gasteiger partial charge in [0.1, 0.15) is 9.84 Å². The van der Waals surface area contributed by atoms with E-state index >= 15 is 0 Å². The van der Waals surface area contributed by atoms with Gasteiger partial charge in [0.05, 0.1) is 18.0 Å². The largest absolute Gasteiger partial charge is 0.301 e. The maximum Gasteiger partial charge on any atom is 0.240 e. The lowest BCUT2D eigenvalue weighted by molar-refractivity contribution is -0.117. The second-order valence-electron chi connectivity index (χ2n) is 4.85. The summed E-state index contributed by atoms with van der Waals surface area (Å²) < 4.78 is 22.6. The van der Waals surface area contributed by atoms with Crippen molar-refractivity contribution in [2.45, 2.75) is 26.8 Å². The quantitative estimate of drug-likeness (QED) is 0.815. The van der Waals surface area contributed by atoms with Gasteiger partial charge >= 0.3 is 0 Å². The SMILES string of the molecule is CCN(CC(=O)Nc1nc(C)cs1)C(C)CS(C)(=O)=O. The Labute approximate surface area is 124 Å². The van der Waals surface area contributed by atoms with Crippen molar-refractivity contribution in [1.82, 2.24) is 9.88 Å². The van der Waals surface area contributed by atoms with Crippen LogP contribution in [0.4, 0.5) is 5.13 Å². The zero-order chi connectivity index (χ0) is 15.3. The lowest BCUT2D eigenvalue weighted by Crippen LogP contribution is -2.42. The van der Waals surface area contributed by atoms with E-state index in [4.69, 9.17) is 0 Å². The molecule has 6 nitrogen and oxygen atoms in total. The van der Waals surface area contributed by atoms with Crippen molar-refractivity contribution in [3.05, 3.63) is 11.1 Å². The molecule has 0 spiro atoms. The Kier molecular flexibility index (Phi) is 6.09. The first kappa shape index (κ1) is 17.1. The molecule has 0 radical (unpaired) electrons. The van der Waals surface area contributed by atoms with Crippen LogP contribution < -0.4 is 5.32 Å². The third kappa shape index (κ3) is 5.98. The number of aromatic nitrogens is 1. The highest BCUT2D eigenvalue weighted by molar-refractivity contribution is 7.90. The van der Waals surface area contributed by atoms with E-state index in [1.54, 1.807) is 0 Å². The van der Waals surface area contributed by atoms with Gasteiger partial charge in [-0.25, -0.2) is 13.4 Å². The number of aryl methyl sites for hydroxylation is 1. The summed E-state index contributed by atoms with van der Waals surface area (Å²) in [5, 5.41) is 5.15. The fourth-order valence-corrected chi connectivity index (χ4v) is 3.67. The van der Waals surface area contributed by atoms with Gasteiger partial charge in [0.15, 0.2) is 5.13 Å². The molecule has 1 N–H and O–H groups in total. The van der Waals surface area contributed by atoms with Gasteiger partial charge in [0.2, 0.25) is 5.91 Å². The average Bonchev–Trinajstić information content (AvgIpc) is 2.69. The molecule has 0 aromatic carbocycles. The molecular weight excluding hydrogens is 298 g/mol. The Hall–Kier alpha value is -0.990. The number of rotatable bonds is 7. The van der Waals surface area contributed by atoms with Gasteiger partial charge < -0.3 is 5.32 Å². The molecule has 0 aliphatic heterocycles. The van der Waals surface area contributed by atoms with E-state index in [0.29, 0.717) is 11.7 Å². The van der Waals surface area contributed by atoms with E-state index in [9.17, 15) is 13.2 Å². The number of sulfone groups is 1. The van der Waals surface area contributed by atoms with E-state index < -0.39 is 9.84 Å². The first-order valence-corrected chi connectivity index (χ1v) is 9.29. The minimum absolute atomic E-state index is 0.0461. The van der Waals surface area contributed by atoms with E-state index in [2.05, 4.69) is 10.3 Å². The van der Waals surface area contributed by atoms with Crippen LogP contribution in [0.25, 0.3) is 0 Å². The molecule has 20 heavy (non-hydrogen) atoms. The third-order valence-electron chi connectivity index (χ3n) is 2.79. The summed E-state index contributed by atoms with van der Waals surface area (Å²) in [5.41, 5.74) is 0.864. The first-order chi connectivity index (χ1) is 9.21. The number of thiazole rings is 1. The van der Waals surface area contributed by atoms with E-state index in [1.807, 2.05) is 31.1 Å². The van der Waals surface area contributed by atoms with E-state index in [0.717, 1.165) is 5.69 Å². The van der Waals surface area contributed by atoms with Crippen LogP contribution in [-0.4, -0.2) is 55.3 Å². The van der Waals surface area contributed by atoms with E-state index in [1.165, 1.54) is 17.6 Å². The molecule has 1 amide bonds. The summed E-state index contributed by atoms with van der Waals surface area (Å²) in [7, 11) is -3.05. The predicted molar refractivity (Wildman–Crippen MR) is 81.9 cm³/mol. The molecule has 1 atom stereocenters. The molecule has 1 aromatic rings. The topological polar surface area (TPSA) is 79.4 Å². The summed E-state index contributed by atoms with van der Waals surface area (Å²) in [4.78, 5) is 17.9. The van der Waals surface area contributed by atoms with Crippen molar-refractivity contribution >= 4 is 32.2 Å². The maximum absolute atomic E-state index is 11.9. The van der Waals surface area contributed by atoms with Gasteiger partial charge in [0.25, 0.3) is 0 Å². The van der Waals surface area contributed by atoms with Crippen molar-refractivity contribution in [3.8, 4) is 0 Å². The summed E-state index contributed by atoms with van der Waals surface area (Å²) >= 11 is 1.37. The average molecular weight is 319 g/mol. The number of carbonyl (C=O) groups is 1. The number of nitrogens with zero attached hydrogens (tertiary/aromatic N) is 2. The van der Waals surface area contributed by atoms with Crippen LogP contribution in [0.1, 0.15) is 19.5 Å². The lowest BCUT2D eigenvalue weighted by Gasteiger charge is -2.26. The molecule has 1 heterocycles. The molecule has 1 unspecified atom stereocenters. The van der Waals surface area contributed by atoms with Crippen LogP contribution in [0, 0.1) is 6.92 Å². The van der Waals surface area contributed by atoms with Gasteiger partial charge in [-0.3, -0.25) is 9.69 Å². The summed E-state index contributed by atoms with van der Waals surface area (Å²) in [5.74, 6) is -0.133. The zero-order valence-electron chi connectivity index (χ0n) is 12.2. The van der Waals surface area contributed by atoms with Crippen molar-refractivity contribution in [3.63, 3.8) is 0 Å². The molecule has 1 aromatic heterocycles. The highest BCUT2D eigenvalue weighted by atomic mass is 32.2. The lowest BCUT2D eigenvalue weighted by atomic mass is 10.3.